The number of hydrogen-bond acceptors (Lipinski definition) is 7. The van der Waals surface area contributed by atoms with Crippen LogP contribution in [-0.2, 0) is 9.59 Å². The summed E-state index contributed by atoms with van der Waals surface area (Å²) >= 11 is 0.792. The molecule has 0 spiro atoms. The third-order valence-corrected chi connectivity index (χ3v) is 5.93. The van der Waals surface area contributed by atoms with Gasteiger partial charge in [0.2, 0.25) is 5.91 Å². The van der Waals surface area contributed by atoms with Crippen LogP contribution in [0.4, 0.5) is 10.5 Å². The minimum Gasteiger partial charge on any atom is -0.495 e. The van der Waals surface area contributed by atoms with Crippen molar-refractivity contribution in [2.45, 2.75) is 33.3 Å². The average molecular weight is 485 g/mol. The van der Waals surface area contributed by atoms with Gasteiger partial charge in [0.15, 0.2) is 11.5 Å². The van der Waals surface area contributed by atoms with E-state index in [0.29, 0.717) is 35.1 Å². The lowest BCUT2D eigenvalue weighted by atomic mass is 10.1. The van der Waals surface area contributed by atoms with Crippen molar-refractivity contribution in [3.63, 3.8) is 0 Å². The van der Waals surface area contributed by atoms with Gasteiger partial charge in [-0.05, 0) is 67.9 Å². The summed E-state index contributed by atoms with van der Waals surface area (Å²) in [6.07, 6.45) is 2.49. The number of amides is 3. The second kappa shape index (κ2) is 11.6. The quantitative estimate of drug-likeness (QED) is 0.477. The number of imide groups is 1. The van der Waals surface area contributed by atoms with E-state index in [-0.39, 0.29) is 11.0 Å². The molecule has 0 saturated carbocycles. The van der Waals surface area contributed by atoms with Crippen molar-refractivity contribution in [2.24, 2.45) is 0 Å². The van der Waals surface area contributed by atoms with E-state index < -0.39 is 23.6 Å². The number of para-hydroxylation sites is 2. The summed E-state index contributed by atoms with van der Waals surface area (Å²) in [5.74, 6) is 0.637. The highest BCUT2D eigenvalue weighted by molar-refractivity contribution is 8.18. The first-order valence-corrected chi connectivity index (χ1v) is 11.8. The van der Waals surface area contributed by atoms with E-state index in [9.17, 15) is 14.4 Å². The Bertz CT molecular complexity index is 1100. The largest absolute Gasteiger partial charge is 0.495 e. The Labute approximate surface area is 203 Å². The van der Waals surface area contributed by atoms with E-state index in [2.05, 4.69) is 5.32 Å². The van der Waals surface area contributed by atoms with Gasteiger partial charge in [-0.15, -0.1) is 0 Å². The molecule has 3 rings (SSSR count). The number of nitrogens with zero attached hydrogens (tertiary/aromatic N) is 1. The van der Waals surface area contributed by atoms with Crippen LogP contribution in [-0.4, -0.2) is 48.3 Å². The van der Waals surface area contributed by atoms with Gasteiger partial charge in [-0.25, -0.2) is 0 Å². The molecular formula is C25H28N2O6S. The van der Waals surface area contributed by atoms with Gasteiger partial charge >= 0.3 is 0 Å². The third kappa shape index (κ3) is 6.11. The van der Waals surface area contributed by atoms with E-state index in [1.165, 1.54) is 7.11 Å². The molecule has 0 bridgehead atoms. The normalized spacial score (nSPS) is 15.4. The van der Waals surface area contributed by atoms with Gasteiger partial charge in [-0.3, -0.25) is 19.3 Å². The topological polar surface area (TPSA) is 94.2 Å². The molecule has 0 aliphatic carbocycles. The molecular weight excluding hydrogens is 456 g/mol. The molecule has 3 amide bonds. The average Bonchev–Trinajstić information content (AvgIpc) is 3.08. The number of anilines is 1. The number of ether oxygens (including phenoxy) is 3. The lowest BCUT2D eigenvalue weighted by Crippen LogP contribution is -2.36. The molecule has 1 aliphatic rings. The molecule has 34 heavy (non-hydrogen) atoms. The number of carbonyl (C=O) groups excluding carboxylic acids is 3. The van der Waals surface area contributed by atoms with Crippen LogP contribution in [0, 0.1) is 0 Å². The Balaban J connectivity index is 1.73. The highest BCUT2D eigenvalue weighted by Gasteiger charge is 2.36. The molecule has 0 unspecified atom stereocenters. The second-order valence-corrected chi connectivity index (χ2v) is 8.49. The van der Waals surface area contributed by atoms with Crippen LogP contribution in [0.2, 0.25) is 0 Å². The Morgan fingerprint density at radius 3 is 2.59 bits per heavy atom. The number of benzene rings is 2. The number of thioether (sulfide) groups is 1. The van der Waals surface area contributed by atoms with Gasteiger partial charge in [-0.2, -0.15) is 0 Å². The molecule has 9 heteroatoms. The number of hydrogen-bond donors (Lipinski definition) is 1. The predicted octanol–water partition coefficient (Wildman–Crippen LogP) is 4.95. The van der Waals surface area contributed by atoms with Crippen molar-refractivity contribution in [3.05, 3.63) is 52.9 Å². The van der Waals surface area contributed by atoms with Crippen molar-refractivity contribution >= 4 is 40.6 Å². The van der Waals surface area contributed by atoms with Gasteiger partial charge in [0.1, 0.15) is 12.3 Å². The fourth-order valence-corrected chi connectivity index (χ4v) is 3.99. The zero-order valence-corrected chi connectivity index (χ0v) is 20.4. The molecule has 0 aromatic heterocycles. The highest BCUT2D eigenvalue weighted by atomic mass is 32.2. The van der Waals surface area contributed by atoms with Crippen LogP contribution in [0.25, 0.3) is 6.08 Å². The van der Waals surface area contributed by atoms with Gasteiger partial charge in [0, 0.05) is 0 Å². The van der Waals surface area contributed by atoms with Crippen molar-refractivity contribution in [3.8, 4) is 17.2 Å². The fourth-order valence-electron chi connectivity index (χ4n) is 3.15. The molecule has 1 fully saturated rings. The van der Waals surface area contributed by atoms with E-state index in [4.69, 9.17) is 14.2 Å². The Hall–Kier alpha value is -3.46. The minimum atomic E-state index is -0.525. The van der Waals surface area contributed by atoms with Crippen molar-refractivity contribution in [2.75, 3.05) is 25.6 Å². The van der Waals surface area contributed by atoms with Crippen LogP contribution in [0.1, 0.15) is 32.8 Å². The molecule has 1 aliphatic heterocycles. The van der Waals surface area contributed by atoms with Crippen LogP contribution in [0.3, 0.4) is 0 Å². The van der Waals surface area contributed by atoms with Crippen molar-refractivity contribution in [1.29, 1.82) is 0 Å². The van der Waals surface area contributed by atoms with E-state index in [1.807, 2.05) is 20.8 Å². The molecule has 180 valence electrons. The number of rotatable bonds is 10. The first-order valence-electron chi connectivity index (χ1n) is 11.0. The van der Waals surface area contributed by atoms with Gasteiger partial charge in [0.05, 0.1) is 30.4 Å². The van der Waals surface area contributed by atoms with E-state index in [0.717, 1.165) is 23.1 Å². The number of nitrogens with one attached hydrogen (secondary N) is 1. The Kier molecular flexibility index (Phi) is 8.59. The summed E-state index contributed by atoms with van der Waals surface area (Å²) in [6.45, 7) is 5.95. The summed E-state index contributed by atoms with van der Waals surface area (Å²) in [7, 11) is 1.49. The van der Waals surface area contributed by atoms with Crippen molar-refractivity contribution in [1.82, 2.24) is 4.90 Å². The van der Waals surface area contributed by atoms with E-state index >= 15 is 0 Å². The zero-order chi connectivity index (χ0) is 24.7. The maximum atomic E-state index is 12.8. The molecule has 1 atom stereocenters. The second-order valence-electron chi connectivity index (χ2n) is 7.49. The van der Waals surface area contributed by atoms with Crippen LogP contribution in [0.5, 0.6) is 17.2 Å². The predicted molar refractivity (Wildman–Crippen MR) is 132 cm³/mol. The fraction of sp³-hybridized carbons (Fsp3) is 0.320. The van der Waals surface area contributed by atoms with Crippen molar-refractivity contribution < 1.29 is 28.6 Å². The molecule has 1 N–H and O–H groups in total. The lowest BCUT2D eigenvalue weighted by molar-refractivity contribution is -0.127. The van der Waals surface area contributed by atoms with Gasteiger partial charge < -0.3 is 19.5 Å². The first kappa shape index (κ1) is 25.2. The Morgan fingerprint density at radius 2 is 1.88 bits per heavy atom. The zero-order valence-electron chi connectivity index (χ0n) is 19.6. The summed E-state index contributed by atoms with van der Waals surface area (Å²) < 4.78 is 16.8. The van der Waals surface area contributed by atoms with Crippen LogP contribution in [0.15, 0.2) is 47.4 Å². The maximum Gasteiger partial charge on any atom is 0.294 e. The SMILES string of the molecule is CCOc1cc(/C=C2/SC(=O)N(CC(=O)Nc3ccccc3OC)C2=O)ccc1O[C@H](C)CC. The highest BCUT2D eigenvalue weighted by Crippen LogP contribution is 2.35. The van der Waals surface area contributed by atoms with Crippen LogP contribution < -0.4 is 19.5 Å². The standard InChI is InChI=1S/C25H28N2O6S/c1-5-16(3)33-20-12-11-17(13-21(20)32-6-2)14-22-24(29)27(25(30)34-22)15-23(28)26-18-9-7-8-10-19(18)31-4/h7-14,16H,5-6,15H2,1-4H3,(H,26,28)/b22-14+/t16-/m1/s1. The molecule has 1 heterocycles. The summed E-state index contributed by atoms with van der Waals surface area (Å²) in [5.41, 5.74) is 1.14. The van der Waals surface area contributed by atoms with E-state index in [1.54, 1.807) is 48.5 Å². The van der Waals surface area contributed by atoms with Crippen LogP contribution >= 0.6 is 11.8 Å². The molecule has 2 aromatic rings. The minimum absolute atomic E-state index is 0.0311. The smallest absolute Gasteiger partial charge is 0.294 e. The number of carbonyl (C=O) groups is 3. The molecule has 1 saturated heterocycles. The summed E-state index contributed by atoms with van der Waals surface area (Å²) in [4.78, 5) is 38.9. The molecule has 8 nitrogen and oxygen atoms in total. The monoisotopic (exact) mass is 484 g/mol. The summed E-state index contributed by atoms with van der Waals surface area (Å²) in [6, 6.07) is 12.2. The van der Waals surface area contributed by atoms with Gasteiger partial charge in [-0.1, -0.05) is 25.1 Å². The number of methoxy groups -OCH3 is 1. The molecule has 2 aromatic carbocycles. The first-order chi connectivity index (χ1) is 16.4. The lowest BCUT2D eigenvalue weighted by Gasteiger charge is -2.16. The maximum absolute atomic E-state index is 12.8. The molecule has 0 radical (unpaired) electrons. The van der Waals surface area contributed by atoms with Gasteiger partial charge in [0.25, 0.3) is 11.1 Å². The summed E-state index contributed by atoms with van der Waals surface area (Å²) in [5, 5.41) is 2.17. The Morgan fingerprint density at radius 1 is 1.12 bits per heavy atom. The third-order valence-electron chi connectivity index (χ3n) is 5.02.